The predicted molar refractivity (Wildman–Crippen MR) is 158 cm³/mol. The van der Waals surface area contributed by atoms with Gasteiger partial charge < -0.3 is 19.6 Å². The Morgan fingerprint density at radius 1 is 0.730 bits per heavy atom. The van der Waals surface area contributed by atoms with Crippen LogP contribution in [0.25, 0.3) is 21.5 Å². The molecule has 0 saturated heterocycles. The Morgan fingerprint density at radius 3 is 1.62 bits per heavy atom. The summed E-state index contributed by atoms with van der Waals surface area (Å²) in [4.78, 5) is 0. The molecular weight excluding hydrogens is 528 g/mol. The first-order valence-corrected chi connectivity index (χ1v) is 13.0. The molecule has 0 atom stereocenters. The molecule has 0 fully saturated rings. The first-order chi connectivity index (χ1) is 17.3. The molecule has 0 aliphatic heterocycles. The molecule has 0 aromatic heterocycles. The molecule has 6 rings (SSSR count). The molecule has 37 heavy (non-hydrogen) atoms. The minimum Gasteiger partial charge on any atom is -0.126 e. The summed E-state index contributed by atoms with van der Waals surface area (Å²) in [5, 5.41) is 5.39. The molecule has 0 saturated carbocycles. The van der Waals surface area contributed by atoms with Crippen LogP contribution >= 0.6 is 0 Å². The van der Waals surface area contributed by atoms with Crippen molar-refractivity contribution in [2.45, 2.75) is 6.42 Å². The van der Waals surface area contributed by atoms with E-state index in [-0.39, 0.29) is 14.9 Å². The van der Waals surface area contributed by atoms with Crippen LogP contribution in [0.5, 0.6) is 0 Å². The van der Waals surface area contributed by atoms with Gasteiger partial charge in [0, 0.05) is 13.7 Å². The molecular formula is C35H34OZr-4. The molecule has 0 radical (unpaired) electrons. The molecule has 5 aromatic carbocycles. The van der Waals surface area contributed by atoms with Gasteiger partial charge in [0.25, 0.3) is 0 Å². The van der Waals surface area contributed by atoms with Gasteiger partial charge >= 0.3 is 99.2 Å². The Hall–Kier alpha value is -3.06. The van der Waals surface area contributed by atoms with E-state index in [9.17, 15) is 0 Å². The van der Waals surface area contributed by atoms with Gasteiger partial charge in [-0.3, -0.25) is 6.08 Å². The number of hydrogen-bond donors (Lipinski definition) is 0. The van der Waals surface area contributed by atoms with Gasteiger partial charge in [-0.25, -0.2) is 6.08 Å². The smallest absolute Gasteiger partial charge is 0.0771 e. The SMILES string of the molecule is COCC1=CC[C-]=C1.[CH3-].[CH3-].[Zr]=[C](c1ccccc1)c1ccccc1.c1ccc2c(c1)[cH-]c1ccccc12. The van der Waals surface area contributed by atoms with Gasteiger partial charge in [-0.05, 0) is 0 Å². The summed E-state index contributed by atoms with van der Waals surface area (Å²) in [6, 6.07) is 40.4. The zero-order valence-corrected chi connectivity index (χ0v) is 24.4. The molecule has 1 aliphatic carbocycles. The molecule has 0 bridgehead atoms. The zero-order chi connectivity index (χ0) is 24.3. The second-order valence-corrected chi connectivity index (χ2v) is 9.42. The molecule has 0 unspecified atom stereocenters. The van der Waals surface area contributed by atoms with Gasteiger partial charge in [0.05, 0.1) is 0 Å². The Bertz CT molecular complexity index is 1330. The van der Waals surface area contributed by atoms with Gasteiger partial charge in [-0.1, -0.05) is 36.4 Å². The number of hydrogen-bond acceptors (Lipinski definition) is 1. The van der Waals surface area contributed by atoms with Crippen LogP contribution in [0, 0.1) is 20.9 Å². The van der Waals surface area contributed by atoms with Crippen molar-refractivity contribution in [2.24, 2.45) is 0 Å². The van der Waals surface area contributed by atoms with Gasteiger partial charge in [-0.2, -0.15) is 11.6 Å². The molecule has 188 valence electrons. The van der Waals surface area contributed by atoms with Crippen LogP contribution < -0.4 is 0 Å². The average Bonchev–Trinajstić information content (AvgIpc) is 3.58. The third-order valence-electron chi connectivity index (χ3n) is 5.73. The quantitative estimate of drug-likeness (QED) is 0.199. The van der Waals surface area contributed by atoms with Crippen LogP contribution in [0.15, 0.2) is 133 Å². The van der Waals surface area contributed by atoms with E-state index in [4.69, 9.17) is 4.74 Å². The van der Waals surface area contributed by atoms with E-state index in [2.05, 4.69) is 127 Å². The molecule has 1 aliphatic rings. The Labute approximate surface area is 237 Å². The summed E-state index contributed by atoms with van der Waals surface area (Å²) in [5.41, 5.74) is 3.90. The summed E-state index contributed by atoms with van der Waals surface area (Å²) in [5.74, 6) is 0. The van der Waals surface area contributed by atoms with Crippen LogP contribution in [0.3, 0.4) is 0 Å². The van der Waals surface area contributed by atoms with Crippen LogP contribution in [0.1, 0.15) is 17.5 Å². The monoisotopic (exact) mass is 560 g/mol. The van der Waals surface area contributed by atoms with Crippen molar-refractivity contribution in [1.82, 2.24) is 0 Å². The number of ether oxygens (including phenoxy) is 1. The summed E-state index contributed by atoms with van der Waals surface area (Å²) in [7, 11) is 1.70. The number of methoxy groups -OCH3 is 1. The van der Waals surface area contributed by atoms with Crippen LogP contribution in [0.2, 0.25) is 0 Å². The molecule has 0 spiro atoms. The summed E-state index contributed by atoms with van der Waals surface area (Å²) in [6.07, 6.45) is 8.11. The van der Waals surface area contributed by atoms with E-state index in [1.54, 1.807) is 7.11 Å². The van der Waals surface area contributed by atoms with Gasteiger partial charge in [-0.15, -0.1) is 46.2 Å². The van der Waals surface area contributed by atoms with Gasteiger partial charge in [0.2, 0.25) is 0 Å². The van der Waals surface area contributed by atoms with Crippen molar-refractivity contribution < 1.29 is 29.0 Å². The summed E-state index contributed by atoms with van der Waals surface area (Å²) in [6.45, 7) is 0.729. The number of benzene rings is 4. The minimum atomic E-state index is 0. The fraction of sp³-hybridized carbons (Fsp3) is 0.0857. The number of fused-ring (bicyclic) bond motifs is 3. The van der Waals surface area contributed by atoms with E-state index < -0.39 is 0 Å². The second kappa shape index (κ2) is 15.9. The van der Waals surface area contributed by atoms with Gasteiger partial charge in [0.1, 0.15) is 0 Å². The maximum Gasteiger partial charge on any atom is -0.0771 e. The van der Waals surface area contributed by atoms with E-state index >= 15 is 0 Å². The first kappa shape index (κ1) is 30.2. The zero-order valence-electron chi connectivity index (χ0n) is 21.9. The van der Waals surface area contributed by atoms with E-state index in [1.807, 2.05) is 6.08 Å². The van der Waals surface area contributed by atoms with Crippen LogP contribution in [-0.2, 0) is 29.0 Å². The second-order valence-electron chi connectivity index (χ2n) is 8.19. The fourth-order valence-corrected chi connectivity index (χ4v) is 4.81. The maximum atomic E-state index is 4.89. The molecule has 0 amide bonds. The van der Waals surface area contributed by atoms with Crippen molar-refractivity contribution >= 4 is 24.8 Å². The number of rotatable bonds is 4. The molecule has 0 N–H and O–H groups in total. The molecule has 2 heteroatoms. The summed E-state index contributed by atoms with van der Waals surface area (Å²) < 4.78 is 6.30. The molecule has 1 nitrogen and oxygen atoms in total. The largest absolute Gasteiger partial charge is 0.126 e. The Balaban J connectivity index is 0.000000197. The first-order valence-electron chi connectivity index (χ1n) is 11.7. The van der Waals surface area contributed by atoms with Crippen molar-refractivity contribution in [3.05, 3.63) is 165 Å². The molecule has 5 aromatic rings. The number of allylic oxidation sites excluding steroid dienone is 2. The maximum absolute atomic E-state index is 4.89. The molecule has 0 heterocycles. The summed E-state index contributed by atoms with van der Waals surface area (Å²) >= 11 is 1.46. The van der Waals surface area contributed by atoms with Crippen molar-refractivity contribution in [1.29, 1.82) is 0 Å². The van der Waals surface area contributed by atoms with Crippen molar-refractivity contribution in [3.8, 4) is 0 Å². The van der Waals surface area contributed by atoms with Crippen LogP contribution in [0.4, 0.5) is 0 Å². The topological polar surface area (TPSA) is 9.23 Å². The Morgan fingerprint density at radius 2 is 1.19 bits per heavy atom. The van der Waals surface area contributed by atoms with E-state index in [1.165, 1.54) is 65.7 Å². The van der Waals surface area contributed by atoms with Gasteiger partial charge in [0.15, 0.2) is 0 Å². The van der Waals surface area contributed by atoms with E-state index in [0.717, 1.165) is 13.0 Å². The van der Waals surface area contributed by atoms with Crippen molar-refractivity contribution in [3.63, 3.8) is 0 Å². The van der Waals surface area contributed by atoms with Crippen molar-refractivity contribution in [2.75, 3.05) is 13.7 Å². The Kier molecular flexibility index (Phi) is 13.0. The standard InChI is InChI=1S/C13H9.C13H10.C7H9O.2CH3.Zr/c1-3-7-12-10(5-1)9-11-6-2-4-8-13(11)12;1-3-7-12(8-4-1)11-13-9-5-2-6-10-13;1-8-6-7-4-2-3-5-7;;;/h1-9H;1-10H;4-5H,2,6H2,1H3;2*1H3;/q-1;;3*-1;. The minimum absolute atomic E-state index is 0. The predicted octanol–water partition coefficient (Wildman–Crippen LogP) is 8.74. The normalized spacial score (nSPS) is 11.2. The van der Waals surface area contributed by atoms with E-state index in [0.29, 0.717) is 0 Å². The fourth-order valence-electron chi connectivity index (χ4n) is 3.99. The third-order valence-corrected chi connectivity index (χ3v) is 7.15. The third kappa shape index (κ3) is 8.49. The average molecular weight is 562 g/mol. The van der Waals surface area contributed by atoms with Crippen LogP contribution in [-0.4, -0.2) is 16.9 Å².